The zero-order valence-corrected chi connectivity index (χ0v) is 19.2. The Morgan fingerprint density at radius 3 is 2.71 bits per heavy atom. The third-order valence-electron chi connectivity index (χ3n) is 6.98. The second kappa shape index (κ2) is 9.11. The second-order valence-electron chi connectivity index (χ2n) is 9.17. The zero-order valence-electron chi connectivity index (χ0n) is 18.5. The number of aromatic nitrogens is 2. The number of benzene rings is 2. The molecule has 5 rings (SSSR count). The van der Waals surface area contributed by atoms with Gasteiger partial charge in [0.2, 0.25) is 0 Å². The Balaban J connectivity index is 1.25. The van der Waals surface area contributed by atoms with Gasteiger partial charge in [-0.05, 0) is 61.9 Å². The lowest BCUT2D eigenvalue weighted by Crippen LogP contribution is -2.43. The number of H-pyrrole nitrogens is 1. The van der Waals surface area contributed by atoms with Gasteiger partial charge in [-0.15, -0.1) is 0 Å². The molecule has 8 heteroatoms. The van der Waals surface area contributed by atoms with Gasteiger partial charge in [0.25, 0.3) is 0 Å². The van der Waals surface area contributed by atoms with Crippen molar-refractivity contribution >= 4 is 23.1 Å². The van der Waals surface area contributed by atoms with E-state index in [0.29, 0.717) is 49.4 Å². The van der Waals surface area contributed by atoms with E-state index < -0.39 is 11.5 Å². The number of carbonyl (C=O) groups excluding carboxylic acids is 1. The molecule has 0 spiro atoms. The van der Waals surface area contributed by atoms with E-state index in [1.807, 2.05) is 6.07 Å². The van der Waals surface area contributed by atoms with Crippen molar-refractivity contribution in [2.45, 2.75) is 38.2 Å². The van der Waals surface area contributed by atoms with Gasteiger partial charge in [0, 0.05) is 23.2 Å². The van der Waals surface area contributed by atoms with Gasteiger partial charge in [-0.1, -0.05) is 23.7 Å². The van der Waals surface area contributed by atoms with Crippen molar-refractivity contribution in [3.8, 4) is 22.9 Å². The van der Waals surface area contributed by atoms with E-state index in [0.717, 1.165) is 22.4 Å². The summed E-state index contributed by atoms with van der Waals surface area (Å²) >= 11 is 6.43. The van der Waals surface area contributed by atoms with Crippen LogP contribution < -0.4 is 10.1 Å². The molecule has 1 fully saturated rings. The van der Waals surface area contributed by atoms with Crippen LogP contribution >= 0.6 is 11.6 Å². The SMILES string of the molecule is N#CC1(Cc2ccc(F)cc2)CCC(C(=O)C2CNc3cc(Cl)c(-c4cn[nH]c4)cc3O2)CC1. The summed E-state index contributed by atoms with van der Waals surface area (Å²) in [5, 5.41) is 20.5. The molecule has 1 saturated carbocycles. The van der Waals surface area contributed by atoms with Crippen molar-refractivity contribution in [3.63, 3.8) is 0 Å². The number of rotatable bonds is 5. The van der Waals surface area contributed by atoms with Gasteiger partial charge in [0.05, 0.1) is 34.9 Å². The maximum atomic E-state index is 13.3. The van der Waals surface area contributed by atoms with Gasteiger partial charge in [0.15, 0.2) is 11.9 Å². The Morgan fingerprint density at radius 1 is 1.26 bits per heavy atom. The molecule has 3 aromatic rings. The molecule has 2 aromatic carbocycles. The lowest BCUT2D eigenvalue weighted by molar-refractivity contribution is -0.131. The quantitative estimate of drug-likeness (QED) is 0.501. The maximum Gasteiger partial charge on any atom is 0.178 e. The molecule has 0 amide bonds. The molecule has 6 nitrogen and oxygen atoms in total. The maximum absolute atomic E-state index is 13.3. The third-order valence-corrected chi connectivity index (χ3v) is 7.29. The molecule has 1 unspecified atom stereocenters. The normalized spacial score (nSPS) is 23.8. The van der Waals surface area contributed by atoms with E-state index in [1.54, 1.807) is 30.6 Å². The Bertz CT molecular complexity index is 1230. The second-order valence-corrected chi connectivity index (χ2v) is 9.58. The fraction of sp³-hybridized carbons (Fsp3) is 0.346. The van der Waals surface area contributed by atoms with Crippen molar-refractivity contribution in [2.75, 3.05) is 11.9 Å². The van der Waals surface area contributed by atoms with E-state index in [4.69, 9.17) is 16.3 Å². The number of nitrogens with one attached hydrogen (secondary N) is 2. The smallest absolute Gasteiger partial charge is 0.178 e. The number of Topliss-reactive ketones (excluding diaryl/α,β-unsaturated/α-hetero) is 1. The Morgan fingerprint density at radius 2 is 2.03 bits per heavy atom. The summed E-state index contributed by atoms with van der Waals surface area (Å²) in [5.41, 5.74) is 2.79. The van der Waals surface area contributed by atoms with Crippen LogP contribution in [-0.2, 0) is 11.2 Å². The topological polar surface area (TPSA) is 90.8 Å². The van der Waals surface area contributed by atoms with E-state index in [1.165, 1.54) is 12.1 Å². The average Bonchev–Trinajstić information content (AvgIpc) is 3.39. The number of ether oxygens (including phenoxy) is 1. The summed E-state index contributed by atoms with van der Waals surface area (Å²) in [4.78, 5) is 13.3. The standard InChI is InChI=1S/C26H24ClFN4O2/c27-21-10-22-23(9-20(21)18-12-31-32-13-18)34-24(14-30-22)25(33)17-5-7-26(15-29,8-6-17)11-16-1-3-19(28)4-2-16/h1-4,9-10,12-13,17,24,30H,5-8,11,14H2,(H,31,32). The minimum atomic E-state index is -0.595. The Labute approximate surface area is 202 Å². The zero-order chi connectivity index (χ0) is 23.7. The monoisotopic (exact) mass is 478 g/mol. The lowest BCUT2D eigenvalue weighted by atomic mass is 9.67. The van der Waals surface area contributed by atoms with Crippen molar-refractivity contribution in [2.24, 2.45) is 11.3 Å². The predicted octanol–water partition coefficient (Wildman–Crippen LogP) is 5.55. The van der Waals surface area contributed by atoms with Crippen molar-refractivity contribution in [1.82, 2.24) is 10.2 Å². The summed E-state index contributed by atoms with van der Waals surface area (Å²) in [6.07, 6.45) is 5.95. The van der Waals surface area contributed by atoms with Crippen LogP contribution in [0.1, 0.15) is 31.2 Å². The van der Waals surface area contributed by atoms with Crippen LogP contribution in [-0.4, -0.2) is 28.6 Å². The molecular weight excluding hydrogens is 455 g/mol. The first-order chi connectivity index (χ1) is 16.5. The van der Waals surface area contributed by atoms with Gasteiger partial charge in [-0.25, -0.2) is 4.39 Å². The molecule has 174 valence electrons. The van der Waals surface area contributed by atoms with Crippen LogP contribution in [0.5, 0.6) is 5.75 Å². The van der Waals surface area contributed by atoms with E-state index in [-0.39, 0.29) is 17.5 Å². The molecule has 0 bridgehead atoms. The highest BCUT2D eigenvalue weighted by Crippen LogP contribution is 2.43. The molecule has 1 aliphatic carbocycles. The third kappa shape index (κ3) is 4.38. The number of hydrogen-bond acceptors (Lipinski definition) is 5. The Hall–Kier alpha value is -3.37. The molecular formula is C26H24ClFN4O2. The number of nitrogens with zero attached hydrogens (tertiary/aromatic N) is 2. The molecule has 34 heavy (non-hydrogen) atoms. The largest absolute Gasteiger partial charge is 0.479 e. The average molecular weight is 479 g/mol. The number of halogens is 2. The van der Waals surface area contributed by atoms with Crippen molar-refractivity contribution in [1.29, 1.82) is 5.26 Å². The van der Waals surface area contributed by atoms with Crippen molar-refractivity contribution in [3.05, 3.63) is 65.2 Å². The van der Waals surface area contributed by atoms with Crippen LogP contribution in [0.4, 0.5) is 10.1 Å². The first-order valence-corrected chi connectivity index (χ1v) is 11.8. The van der Waals surface area contributed by atoms with Crippen molar-refractivity contribution < 1.29 is 13.9 Å². The highest BCUT2D eigenvalue weighted by atomic mass is 35.5. The molecule has 1 atom stereocenters. The predicted molar refractivity (Wildman–Crippen MR) is 127 cm³/mol. The number of nitriles is 1. The van der Waals surface area contributed by atoms with E-state index in [9.17, 15) is 14.4 Å². The number of anilines is 1. The summed E-state index contributed by atoms with van der Waals surface area (Å²) in [5.74, 6) is 0.213. The van der Waals surface area contributed by atoms with Crippen LogP contribution in [0.3, 0.4) is 0 Å². The highest BCUT2D eigenvalue weighted by Gasteiger charge is 2.40. The number of ketones is 1. The first kappa shape index (κ1) is 22.4. The number of fused-ring (bicyclic) bond motifs is 1. The summed E-state index contributed by atoms with van der Waals surface area (Å²) < 4.78 is 19.4. The minimum Gasteiger partial charge on any atom is -0.479 e. The lowest BCUT2D eigenvalue weighted by Gasteiger charge is -2.36. The number of aromatic amines is 1. The van der Waals surface area contributed by atoms with Gasteiger partial charge in [0.1, 0.15) is 11.6 Å². The van der Waals surface area contributed by atoms with E-state index >= 15 is 0 Å². The molecule has 0 saturated heterocycles. The fourth-order valence-corrected chi connectivity index (χ4v) is 5.28. The van der Waals surface area contributed by atoms with Crippen LogP contribution in [0.25, 0.3) is 11.1 Å². The van der Waals surface area contributed by atoms with Crippen LogP contribution in [0, 0.1) is 28.5 Å². The molecule has 1 aromatic heterocycles. The molecule has 2 N–H and O–H groups in total. The van der Waals surface area contributed by atoms with E-state index in [2.05, 4.69) is 21.6 Å². The fourth-order valence-electron chi connectivity index (χ4n) is 5.00. The number of hydrogen-bond donors (Lipinski definition) is 2. The molecule has 2 heterocycles. The summed E-state index contributed by atoms with van der Waals surface area (Å²) in [7, 11) is 0. The number of carbonyl (C=O) groups is 1. The van der Waals surface area contributed by atoms with Gasteiger partial charge in [-0.3, -0.25) is 9.89 Å². The van der Waals surface area contributed by atoms with Gasteiger partial charge >= 0.3 is 0 Å². The van der Waals surface area contributed by atoms with Gasteiger partial charge in [-0.2, -0.15) is 10.4 Å². The van der Waals surface area contributed by atoms with Gasteiger partial charge < -0.3 is 10.1 Å². The molecule has 1 aliphatic heterocycles. The molecule has 0 radical (unpaired) electrons. The van der Waals surface area contributed by atoms with Crippen LogP contribution in [0.15, 0.2) is 48.8 Å². The summed E-state index contributed by atoms with van der Waals surface area (Å²) in [6.45, 7) is 0.378. The summed E-state index contributed by atoms with van der Waals surface area (Å²) in [6, 6.07) is 12.4. The first-order valence-electron chi connectivity index (χ1n) is 11.4. The van der Waals surface area contributed by atoms with Crippen LogP contribution in [0.2, 0.25) is 5.02 Å². The highest BCUT2D eigenvalue weighted by molar-refractivity contribution is 6.33. The minimum absolute atomic E-state index is 0.0614. The molecule has 2 aliphatic rings. The Kier molecular flexibility index (Phi) is 6.01.